The van der Waals surface area contributed by atoms with Crippen molar-refractivity contribution in [3.63, 3.8) is 0 Å². The number of nitrogens with zero attached hydrogens (tertiary/aromatic N) is 1. The minimum atomic E-state index is -0.604. The van der Waals surface area contributed by atoms with E-state index in [0.717, 1.165) is 39.8 Å². The van der Waals surface area contributed by atoms with Crippen LogP contribution in [0.2, 0.25) is 0 Å². The summed E-state index contributed by atoms with van der Waals surface area (Å²) in [6.45, 7) is 3.06. The van der Waals surface area contributed by atoms with E-state index in [1.165, 1.54) is 0 Å². The van der Waals surface area contributed by atoms with Crippen LogP contribution in [-0.2, 0) is 28.3 Å². The minimum absolute atomic E-state index is 0.0509. The Hall–Kier alpha value is -2.77. The number of hydrogen-bond acceptors (Lipinski definition) is 4. The molecule has 0 aliphatic rings. The van der Waals surface area contributed by atoms with Gasteiger partial charge < -0.3 is 15.0 Å². The largest absolute Gasteiger partial charge is 0.497 e. The molecule has 3 aromatic rings. The van der Waals surface area contributed by atoms with Gasteiger partial charge in [0.15, 0.2) is 0 Å². The summed E-state index contributed by atoms with van der Waals surface area (Å²) >= 11 is 5.09. The van der Waals surface area contributed by atoms with Crippen LogP contribution >= 0.6 is 27.7 Å². The first-order valence-electron chi connectivity index (χ1n) is 12.6. The number of unbranched alkanes of at least 4 members (excludes halogenated alkanes) is 1. The van der Waals surface area contributed by atoms with Crippen LogP contribution in [0.5, 0.6) is 5.75 Å². The van der Waals surface area contributed by atoms with Crippen molar-refractivity contribution < 1.29 is 14.3 Å². The van der Waals surface area contributed by atoms with E-state index in [1.807, 2.05) is 78.9 Å². The number of carbonyl (C=O) groups excluding carboxylic acids is 2. The van der Waals surface area contributed by atoms with Crippen molar-refractivity contribution in [2.24, 2.45) is 0 Å². The quantitative estimate of drug-likeness (QED) is 0.228. The zero-order valence-electron chi connectivity index (χ0n) is 21.5. The van der Waals surface area contributed by atoms with E-state index in [-0.39, 0.29) is 17.6 Å². The van der Waals surface area contributed by atoms with Gasteiger partial charge in [-0.2, -0.15) is 0 Å². The monoisotopic (exact) mass is 582 g/mol. The lowest BCUT2D eigenvalue weighted by Crippen LogP contribution is -2.51. The molecule has 0 aliphatic carbocycles. The molecule has 0 fully saturated rings. The summed E-state index contributed by atoms with van der Waals surface area (Å²) in [5.74, 6) is 1.63. The molecular weight excluding hydrogens is 548 g/mol. The highest BCUT2D eigenvalue weighted by atomic mass is 79.9. The third kappa shape index (κ3) is 9.56. The Labute approximate surface area is 233 Å². The number of rotatable bonds is 14. The topological polar surface area (TPSA) is 58.6 Å². The molecule has 7 heteroatoms. The summed E-state index contributed by atoms with van der Waals surface area (Å²) in [4.78, 5) is 28.9. The van der Waals surface area contributed by atoms with Crippen molar-refractivity contribution in [3.05, 3.63) is 100 Å². The molecule has 196 valence electrons. The third-order valence-electron chi connectivity index (χ3n) is 6.00. The molecule has 5 nitrogen and oxygen atoms in total. The number of halogens is 1. The molecule has 1 N–H and O–H groups in total. The van der Waals surface area contributed by atoms with E-state index >= 15 is 0 Å². The maximum absolute atomic E-state index is 13.7. The van der Waals surface area contributed by atoms with E-state index < -0.39 is 6.04 Å². The van der Waals surface area contributed by atoms with E-state index in [9.17, 15) is 9.59 Å². The van der Waals surface area contributed by atoms with Gasteiger partial charge in [-0.25, -0.2) is 0 Å². The van der Waals surface area contributed by atoms with Gasteiger partial charge in [-0.3, -0.25) is 9.59 Å². The number of benzene rings is 3. The normalized spacial score (nSPS) is 11.5. The number of hydrogen-bond donors (Lipinski definition) is 1. The van der Waals surface area contributed by atoms with Crippen molar-refractivity contribution in [3.8, 4) is 5.75 Å². The number of nitrogens with one attached hydrogen (secondary N) is 1. The van der Waals surface area contributed by atoms with Gasteiger partial charge in [0.25, 0.3) is 0 Å². The Morgan fingerprint density at radius 2 is 1.70 bits per heavy atom. The lowest BCUT2D eigenvalue weighted by atomic mass is 10.0. The van der Waals surface area contributed by atoms with Crippen molar-refractivity contribution >= 4 is 39.5 Å². The molecule has 0 bridgehead atoms. The van der Waals surface area contributed by atoms with Crippen LogP contribution < -0.4 is 10.1 Å². The zero-order chi connectivity index (χ0) is 26.5. The third-order valence-corrected chi connectivity index (χ3v) is 7.48. The molecule has 0 saturated heterocycles. The number of amides is 2. The average molecular weight is 584 g/mol. The first-order valence-corrected chi connectivity index (χ1v) is 14.5. The predicted octanol–water partition coefficient (Wildman–Crippen LogP) is 6.25. The Morgan fingerprint density at radius 1 is 0.973 bits per heavy atom. The zero-order valence-corrected chi connectivity index (χ0v) is 23.9. The fourth-order valence-electron chi connectivity index (χ4n) is 3.95. The number of ether oxygens (including phenoxy) is 1. The molecule has 2 amide bonds. The van der Waals surface area contributed by atoms with Gasteiger partial charge in [0.2, 0.25) is 11.8 Å². The number of thioether (sulfide) groups is 1. The second-order valence-electron chi connectivity index (χ2n) is 8.84. The lowest BCUT2D eigenvalue weighted by molar-refractivity contribution is -0.139. The predicted molar refractivity (Wildman–Crippen MR) is 156 cm³/mol. The Kier molecular flexibility index (Phi) is 12.0. The summed E-state index contributed by atoms with van der Waals surface area (Å²) < 4.78 is 6.18. The van der Waals surface area contributed by atoms with Crippen molar-refractivity contribution in [1.82, 2.24) is 10.2 Å². The second-order valence-corrected chi connectivity index (χ2v) is 10.7. The Balaban J connectivity index is 1.81. The van der Waals surface area contributed by atoms with Gasteiger partial charge >= 0.3 is 0 Å². The standard InChI is InChI=1S/C30H35BrN2O3S/c1-3-4-17-32-30(35)28(19-23-9-6-5-7-10-23)33(20-25-11-8-12-26(31)18-25)29(34)22-37-21-24-13-15-27(36-2)16-14-24/h5-16,18,28H,3-4,17,19-22H2,1-2H3,(H,32,35)/t28-/m0/s1. The molecule has 0 unspecified atom stereocenters. The average Bonchev–Trinajstić information content (AvgIpc) is 2.91. The highest BCUT2D eigenvalue weighted by Crippen LogP contribution is 2.21. The van der Waals surface area contributed by atoms with Crippen molar-refractivity contribution in [2.75, 3.05) is 19.4 Å². The van der Waals surface area contributed by atoms with E-state index in [4.69, 9.17) is 4.74 Å². The van der Waals surface area contributed by atoms with Crippen LogP contribution in [0.1, 0.15) is 36.5 Å². The fourth-order valence-corrected chi connectivity index (χ4v) is 5.27. The molecule has 0 saturated carbocycles. The Bertz CT molecular complexity index is 1130. The summed E-state index contributed by atoms with van der Waals surface area (Å²) in [7, 11) is 1.65. The summed E-state index contributed by atoms with van der Waals surface area (Å²) in [5.41, 5.74) is 3.12. The highest BCUT2D eigenvalue weighted by Gasteiger charge is 2.30. The van der Waals surface area contributed by atoms with Gasteiger partial charge in [-0.15, -0.1) is 11.8 Å². The van der Waals surface area contributed by atoms with Crippen LogP contribution in [0.25, 0.3) is 0 Å². The molecule has 0 aromatic heterocycles. The fraction of sp³-hybridized carbons (Fsp3) is 0.333. The Morgan fingerprint density at radius 3 is 2.38 bits per heavy atom. The smallest absolute Gasteiger partial charge is 0.243 e. The molecule has 0 spiro atoms. The van der Waals surface area contributed by atoms with Gasteiger partial charge in [-0.1, -0.05) is 83.9 Å². The first kappa shape index (κ1) is 28.8. The molecular formula is C30H35BrN2O3S. The molecule has 0 radical (unpaired) electrons. The lowest BCUT2D eigenvalue weighted by Gasteiger charge is -2.31. The van der Waals surface area contributed by atoms with Crippen LogP contribution in [0, 0.1) is 0 Å². The SMILES string of the molecule is CCCCNC(=O)[C@H](Cc1ccccc1)N(Cc1cccc(Br)c1)C(=O)CSCc1ccc(OC)cc1. The molecule has 37 heavy (non-hydrogen) atoms. The van der Waals surface area contributed by atoms with Crippen LogP contribution in [-0.4, -0.2) is 42.2 Å². The second kappa shape index (κ2) is 15.5. The summed E-state index contributed by atoms with van der Waals surface area (Å²) in [6.07, 6.45) is 2.36. The molecule has 3 aromatic carbocycles. The number of methoxy groups -OCH3 is 1. The van der Waals surface area contributed by atoms with Gasteiger partial charge in [0.05, 0.1) is 12.9 Å². The summed E-state index contributed by atoms with van der Waals surface area (Å²) in [6, 6.07) is 25.1. The molecule has 0 aliphatic heterocycles. The maximum atomic E-state index is 13.7. The van der Waals surface area contributed by atoms with E-state index in [0.29, 0.717) is 25.3 Å². The van der Waals surface area contributed by atoms with E-state index in [2.05, 4.69) is 28.2 Å². The maximum Gasteiger partial charge on any atom is 0.243 e. The first-order chi connectivity index (χ1) is 18.0. The minimum Gasteiger partial charge on any atom is -0.497 e. The van der Waals surface area contributed by atoms with Crippen LogP contribution in [0.4, 0.5) is 0 Å². The van der Waals surface area contributed by atoms with Crippen molar-refractivity contribution in [2.45, 2.75) is 44.5 Å². The van der Waals surface area contributed by atoms with Gasteiger partial charge in [0, 0.05) is 29.7 Å². The summed E-state index contributed by atoms with van der Waals surface area (Å²) in [5, 5.41) is 3.07. The highest BCUT2D eigenvalue weighted by molar-refractivity contribution is 9.10. The number of carbonyl (C=O) groups is 2. The molecule has 0 heterocycles. The molecule has 1 atom stereocenters. The van der Waals surface area contributed by atoms with E-state index in [1.54, 1.807) is 23.8 Å². The van der Waals surface area contributed by atoms with Crippen molar-refractivity contribution in [1.29, 1.82) is 0 Å². The van der Waals surface area contributed by atoms with Gasteiger partial charge in [-0.05, 0) is 47.4 Å². The molecule has 3 rings (SSSR count). The van der Waals surface area contributed by atoms with Crippen LogP contribution in [0.3, 0.4) is 0 Å². The van der Waals surface area contributed by atoms with Gasteiger partial charge in [0.1, 0.15) is 11.8 Å². The van der Waals surface area contributed by atoms with Crippen LogP contribution in [0.15, 0.2) is 83.3 Å².